The number of para-hydroxylation sites is 1. The number of nitrogens with zero attached hydrogens (tertiary/aromatic N) is 1. The number of rotatable bonds is 7. The fourth-order valence-electron chi connectivity index (χ4n) is 4.19. The lowest BCUT2D eigenvalue weighted by atomic mass is 9.96. The molecular weight excluding hydrogens is 575 g/mol. The van der Waals surface area contributed by atoms with E-state index in [2.05, 4.69) is 16.0 Å². The maximum atomic E-state index is 12.8. The van der Waals surface area contributed by atoms with E-state index in [9.17, 15) is 36.8 Å². The van der Waals surface area contributed by atoms with Gasteiger partial charge in [-0.3, -0.25) is 10.1 Å². The SMILES string of the molecule is C/C(OS(=O)(=O)C(F)(F)F)=C1/C[C@@H](c2ccccc2)O[C@H]1c1ccccc1[N+](=O)[O-].CC#CCC(O)c1ccccc1. The van der Waals surface area contributed by atoms with Crippen LogP contribution in [-0.4, -0.2) is 24.0 Å². The predicted octanol–water partition coefficient (Wildman–Crippen LogP) is 7.07. The summed E-state index contributed by atoms with van der Waals surface area (Å²) in [6, 6.07) is 23.8. The van der Waals surface area contributed by atoms with Gasteiger partial charge in [0.25, 0.3) is 5.69 Å². The smallest absolute Gasteiger partial charge is 0.387 e. The first kappa shape index (κ1) is 32.3. The fourth-order valence-corrected chi connectivity index (χ4v) is 4.72. The Morgan fingerprint density at radius 3 is 2.21 bits per heavy atom. The van der Waals surface area contributed by atoms with Crippen molar-refractivity contribution in [2.45, 2.75) is 50.5 Å². The number of nitro groups is 1. The lowest BCUT2D eigenvalue weighted by Crippen LogP contribution is -2.25. The van der Waals surface area contributed by atoms with Crippen LogP contribution in [0.1, 0.15) is 61.7 Å². The molecule has 0 amide bonds. The minimum Gasteiger partial charge on any atom is -0.387 e. The van der Waals surface area contributed by atoms with Gasteiger partial charge in [-0.25, -0.2) is 0 Å². The van der Waals surface area contributed by atoms with E-state index in [4.69, 9.17) is 4.74 Å². The maximum Gasteiger partial charge on any atom is 0.534 e. The second kappa shape index (κ2) is 14.1. The summed E-state index contributed by atoms with van der Waals surface area (Å²) in [6.07, 6.45) is -1.74. The highest BCUT2D eigenvalue weighted by atomic mass is 32.2. The molecule has 222 valence electrons. The Bertz CT molecular complexity index is 1560. The highest BCUT2D eigenvalue weighted by Crippen LogP contribution is 2.48. The number of ether oxygens (including phenoxy) is 1. The quantitative estimate of drug-likeness (QED) is 0.0767. The molecule has 0 saturated carbocycles. The molecule has 0 aromatic heterocycles. The molecule has 1 fully saturated rings. The zero-order valence-corrected chi connectivity index (χ0v) is 23.4. The van der Waals surface area contributed by atoms with Gasteiger partial charge >= 0.3 is 15.6 Å². The molecule has 1 heterocycles. The molecule has 1 aliphatic heterocycles. The van der Waals surface area contributed by atoms with Crippen molar-refractivity contribution < 1.29 is 40.5 Å². The Morgan fingerprint density at radius 1 is 1.07 bits per heavy atom. The second-order valence-corrected chi connectivity index (χ2v) is 10.6. The van der Waals surface area contributed by atoms with E-state index in [-0.39, 0.29) is 23.2 Å². The number of halogens is 3. The molecule has 8 nitrogen and oxygen atoms in total. The molecule has 1 aliphatic rings. The zero-order valence-electron chi connectivity index (χ0n) is 22.6. The van der Waals surface area contributed by atoms with Gasteiger partial charge in [0.15, 0.2) is 0 Å². The number of aliphatic hydroxyl groups excluding tert-OH is 1. The molecule has 0 radical (unpaired) electrons. The van der Waals surface area contributed by atoms with Crippen molar-refractivity contribution in [3.8, 4) is 11.8 Å². The molecule has 0 spiro atoms. The van der Waals surface area contributed by atoms with E-state index < -0.39 is 44.6 Å². The number of aliphatic hydroxyl groups is 1. The van der Waals surface area contributed by atoms with Crippen molar-refractivity contribution >= 4 is 15.8 Å². The third kappa shape index (κ3) is 8.19. The topological polar surface area (TPSA) is 116 Å². The van der Waals surface area contributed by atoms with Crippen LogP contribution in [0.2, 0.25) is 0 Å². The summed E-state index contributed by atoms with van der Waals surface area (Å²) in [7, 11) is -5.90. The lowest BCUT2D eigenvalue weighted by Gasteiger charge is -2.17. The molecule has 3 atom stereocenters. The van der Waals surface area contributed by atoms with Crippen LogP contribution in [0.5, 0.6) is 0 Å². The number of benzene rings is 3. The molecule has 3 aromatic rings. The largest absolute Gasteiger partial charge is 0.534 e. The van der Waals surface area contributed by atoms with Crippen molar-refractivity contribution in [1.82, 2.24) is 0 Å². The molecule has 42 heavy (non-hydrogen) atoms. The monoisotopic (exact) mass is 603 g/mol. The standard InChI is InChI=1S/C19H16F3NO6S.C11H12O/c1-12(29-30(26,27)19(20,21)22)15-11-17(13-7-3-2-4-8-13)28-18(15)14-9-5-6-10-16(14)23(24)25;1-2-3-9-11(12)10-7-5-4-6-8-10/h2-10,17-18H,11H2,1H3;4-8,11-12H,9H2,1H3/b15-12+;/t17-,18-;/m0./s1. The molecule has 0 bridgehead atoms. The van der Waals surface area contributed by atoms with Crippen LogP contribution < -0.4 is 0 Å². The molecule has 1 unspecified atom stereocenters. The summed E-state index contributed by atoms with van der Waals surface area (Å²) in [4.78, 5) is 10.8. The first-order valence-electron chi connectivity index (χ1n) is 12.6. The number of allylic oxidation sites excluding steroid dienone is 1. The van der Waals surface area contributed by atoms with Gasteiger partial charge in [-0.15, -0.1) is 11.8 Å². The van der Waals surface area contributed by atoms with Gasteiger partial charge in [0, 0.05) is 24.5 Å². The van der Waals surface area contributed by atoms with Crippen molar-refractivity contribution in [1.29, 1.82) is 0 Å². The number of alkyl halides is 3. The minimum absolute atomic E-state index is 0.0000605. The van der Waals surface area contributed by atoms with Gasteiger partial charge in [-0.1, -0.05) is 72.8 Å². The van der Waals surface area contributed by atoms with Crippen LogP contribution in [0.25, 0.3) is 0 Å². The average molecular weight is 604 g/mol. The van der Waals surface area contributed by atoms with Gasteiger partial charge in [0.1, 0.15) is 11.9 Å². The zero-order chi connectivity index (χ0) is 30.9. The van der Waals surface area contributed by atoms with Crippen molar-refractivity contribution in [2.75, 3.05) is 0 Å². The van der Waals surface area contributed by atoms with Crippen molar-refractivity contribution in [2.24, 2.45) is 0 Å². The Balaban J connectivity index is 0.000000337. The maximum absolute atomic E-state index is 12.8. The Hall–Kier alpha value is -4.18. The Kier molecular flexibility index (Phi) is 10.9. The number of hydrogen-bond acceptors (Lipinski definition) is 7. The highest BCUT2D eigenvalue weighted by Gasteiger charge is 2.49. The van der Waals surface area contributed by atoms with E-state index in [1.165, 1.54) is 24.3 Å². The van der Waals surface area contributed by atoms with Crippen molar-refractivity contribution in [3.63, 3.8) is 0 Å². The first-order valence-corrected chi connectivity index (χ1v) is 14.0. The number of nitro benzene ring substituents is 1. The summed E-state index contributed by atoms with van der Waals surface area (Å²) < 4.78 is 71.4. The van der Waals surface area contributed by atoms with Crippen molar-refractivity contribution in [3.05, 3.63) is 123 Å². The Labute approximate surface area is 241 Å². The van der Waals surface area contributed by atoms with E-state index in [1.54, 1.807) is 37.3 Å². The van der Waals surface area contributed by atoms with E-state index in [0.29, 0.717) is 12.0 Å². The van der Waals surface area contributed by atoms with Gasteiger partial charge in [0.2, 0.25) is 0 Å². The summed E-state index contributed by atoms with van der Waals surface area (Å²) in [5.41, 5.74) is -4.14. The highest BCUT2D eigenvalue weighted by molar-refractivity contribution is 7.87. The van der Waals surface area contributed by atoms with E-state index >= 15 is 0 Å². The normalized spacial score (nSPS) is 18.5. The molecule has 3 aromatic carbocycles. The van der Waals surface area contributed by atoms with Crippen LogP contribution >= 0.6 is 0 Å². The first-order chi connectivity index (χ1) is 19.9. The minimum atomic E-state index is -5.90. The summed E-state index contributed by atoms with van der Waals surface area (Å²) in [6.45, 7) is 2.84. The van der Waals surface area contributed by atoms with Gasteiger partial charge < -0.3 is 14.0 Å². The molecule has 12 heteroatoms. The summed E-state index contributed by atoms with van der Waals surface area (Å²) >= 11 is 0. The lowest BCUT2D eigenvalue weighted by molar-refractivity contribution is -0.386. The summed E-state index contributed by atoms with van der Waals surface area (Å²) in [5, 5.41) is 21.0. The van der Waals surface area contributed by atoms with Crippen LogP contribution in [-0.2, 0) is 19.0 Å². The third-order valence-corrected chi connectivity index (χ3v) is 7.27. The average Bonchev–Trinajstić information content (AvgIpc) is 3.42. The van der Waals surface area contributed by atoms with Gasteiger partial charge in [-0.2, -0.15) is 21.6 Å². The molecule has 1 saturated heterocycles. The van der Waals surface area contributed by atoms with Crippen LogP contribution in [0, 0.1) is 22.0 Å². The molecule has 1 N–H and O–H groups in total. The molecular formula is C30H28F3NO7S. The predicted molar refractivity (Wildman–Crippen MR) is 149 cm³/mol. The summed E-state index contributed by atoms with van der Waals surface area (Å²) in [5.74, 6) is 5.07. The van der Waals surface area contributed by atoms with Crippen LogP contribution in [0.3, 0.4) is 0 Å². The Morgan fingerprint density at radius 2 is 1.64 bits per heavy atom. The fraction of sp³-hybridized carbons (Fsp3) is 0.267. The third-order valence-electron chi connectivity index (χ3n) is 6.24. The van der Waals surface area contributed by atoms with Gasteiger partial charge in [-0.05, 0) is 31.0 Å². The van der Waals surface area contributed by atoms with Gasteiger partial charge in [0.05, 0.1) is 22.7 Å². The second-order valence-electron chi connectivity index (χ2n) is 9.06. The molecule has 4 rings (SSSR count). The molecule has 0 aliphatic carbocycles. The van der Waals surface area contributed by atoms with E-state index in [0.717, 1.165) is 12.5 Å². The van der Waals surface area contributed by atoms with Crippen LogP contribution in [0.15, 0.2) is 96.3 Å². The van der Waals surface area contributed by atoms with E-state index in [1.807, 2.05) is 30.3 Å². The number of hydrogen-bond donors (Lipinski definition) is 1. The van der Waals surface area contributed by atoms with Crippen LogP contribution in [0.4, 0.5) is 18.9 Å².